The summed E-state index contributed by atoms with van der Waals surface area (Å²) < 4.78 is 13.2. The van der Waals surface area contributed by atoms with Gasteiger partial charge in [0.2, 0.25) is 0 Å². The summed E-state index contributed by atoms with van der Waals surface area (Å²) >= 11 is 0. The first kappa shape index (κ1) is 21.0. The molecule has 0 aliphatic heterocycles. The first-order valence-corrected chi connectivity index (χ1v) is 17.3. The van der Waals surface area contributed by atoms with Crippen LogP contribution in [-0.2, 0) is 13.0 Å². The van der Waals surface area contributed by atoms with Crippen molar-refractivity contribution in [3.63, 3.8) is 0 Å². The highest BCUT2D eigenvalue weighted by atomic mass is 28.5. The number of hydrogen-bond acceptors (Lipinski definition) is 3. The fraction of sp³-hybridized carbons (Fsp3) is 0.471. The van der Waals surface area contributed by atoms with Gasteiger partial charge in [0.1, 0.15) is 0 Å². The summed E-state index contributed by atoms with van der Waals surface area (Å²) in [6.07, 6.45) is 2.76. The Balaban J connectivity index is 3.30. The molecule has 0 heterocycles. The maximum atomic E-state index is 10.7. The summed E-state index contributed by atoms with van der Waals surface area (Å²) in [5.74, 6) is -0.944. The third kappa shape index (κ3) is 6.86. The van der Waals surface area contributed by atoms with E-state index in [1.807, 2.05) is 25.1 Å². The predicted molar refractivity (Wildman–Crippen MR) is 108 cm³/mol. The van der Waals surface area contributed by atoms with E-state index in [0.717, 1.165) is 22.4 Å². The Hall–Kier alpha value is -0.999. The van der Waals surface area contributed by atoms with E-state index < -0.39 is 31.2 Å². The van der Waals surface area contributed by atoms with Crippen LogP contribution in [0.15, 0.2) is 24.3 Å². The maximum absolute atomic E-state index is 10.7. The average molecular weight is 383 g/mol. The van der Waals surface area contributed by atoms with Crippen molar-refractivity contribution in [3.05, 3.63) is 35.4 Å². The quantitative estimate of drug-likeness (QED) is 0.570. The molecule has 0 aromatic heterocycles. The van der Waals surface area contributed by atoms with Gasteiger partial charge in [-0.15, -0.1) is 0 Å². The van der Waals surface area contributed by atoms with Crippen LogP contribution in [0.4, 0.5) is 0 Å². The number of carbonyl (C=O) groups is 1. The topological polar surface area (TPSA) is 55.8 Å². The number of carboxylic acids is 1. The number of rotatable bonds is 7. The second-order valence-corrected chi connectivity index (χ2v) is 20.6. The van der Waals surface area contributed by atoms with Gasteiger partial charge in [-0.1, -0.05) is 18.2 Å². The van der Waals surface area contributed by atoms with Crippen LogP contribution in [-0.4, -0.2) is 36.3 Å². The largest absolute Gasteiger partial charge is 0.478 e. The van der Waals surface area contributed by atoms with Crippen molar-refractivity contribution >= 4 is 42.4 Å². The highest BCUT2D eigenvalue weighted by molar-refractivity contribution is 6.94. The second-order valence-electron chi connectivity index (χ2n) is 8.12. The normalized spacial score (nSPS) is 13.5. The Bertz CT molecular complexity index is 612. The zero-order valence-corrected chi connectivity index (χ0v) is 19.1. The lowest BCUT2D eigenvalue weighted by Crippen LogP contribution is -2.61. The molecule has 0 saturated carbocycles. The lowest BCUT2D eigenvalue weighted by atomic mass is 10.1. The number of carboxylic acid groups (broad SMARTS) is 1. The van der Waals surface area contributed by atoms with E-state index in [0.29, 0.717) is 0 Å². The van der Waals surface area contributed by atoms with E-state index in [4.69, 9.17) is 13.3 Å². The van der Waals surface area contributed by atoms with Crippen molar-refractivity contribution in [2.24, 2.45) is 0 Å². The van der Waals surface area contributed by atoms with Crippen molar-refractivity contribution in [2.45, 2.75) is 52.8 Å². The van der Waals surface area contributed by atoms with E-state index in [9.17, 15) is 4.79 Å². The molecule has 0 saturated heterocycles. The Morgan fingerprint density at radius 3 is 1.88 bits per heavy atom. The van der Waals surface area contributed by atoms with Gasteiger partial charge in [0.05, 0.1) is 0 Å². The Morgan fingerprint density at radius 2 is 1.50 bits per heavy atom. The fourth-order valence-corrected chi connectivity index (χ4v) is 14.7. The molecule has 0 radical (unpaired) electrons. The molecule has 0 amide bonds. The van der Waals surface area contributed by atoms with Gasteiger partial charge in [-0.05, 0) is 75.1 Å². The van der Waals surface area contributed by atoms with Gasteiger partial charge in [-0.2, -0.15) is 0 Å². The molecule has 0 atom stereocenters. The van der Waals surface area contributed by atoms with Crippen LogP contribution in [0.1, 0.15) is 11.1 Å². The average Bonchev–Trinajstić information content (AvgIpc) is 2.31. The van der Waals surface area contributed by atoms with Gasteiger partial charge in [-0.3, -0.25) is 0 Å². The molecule has 1 N–H and O–H groups in total. The molecule has 134 valence electrons. The number of hydrogen-bond donors (Lipinski definition) is 1. The van der Waals surface area contributed by atoms with Gasteiger partial charge < -0.3 is 13.3 Å². The summed E-state index contributed by atoms with van der Waals surface area (Å²) in [6, 6.07) is 5.98. The molecular weight excluding hydrogens is 352 g/mol. The van der Waals surface area contributed by atoms with E-state index >= 15 is 0 Å². The molecule has 0 unspecified atom stereocenters. The molecule has 7 heteroatoms. The van der Waals surface area contributed by atoms with Crippen molar-refractivity contribution in [3.8, 4) is 0 Å². The SMILES string of the molecule is Cc1cc(C=CC(=O)O)ccc1[Si](C)(O[Si](C)(C)C)O[Si](C)(C)C. The molecule has 0 aliphatic carbocycles. The highest BCUT2D eigenvalue weighted by Gasteiger charge is 2.42. The third-order valence-corrected chi connectivity index (χ3v) is 12.7. The summed E-state index contributed by atoms with van der Waals surface area (Å²) in [5.41, 5.74) is 1.96. The zero-order chi connectivity index (χ0) is 18.8. The fourth-order valence-electron chi connectivity index (χ4n) is 2.77. The first-order valence-electron chi connectivity index (χ1n) is 8.14. The van der Waals surface area contributed by atoms with E-state index in [-0.39, 0.29) is 0 Å². The molecule has 1 rings (SSSR count). The second kappa shape index (κ2) is 7.49. The van der Waals surface area contributed by atoms with E-state index in [1.165, 1.54) is 0 Å². The summed E-state index contributed by atoms with van der Waals surface area (Å²) in [5, 5.41) is 9.91. The first-order chi connectivity index (χ1) is 10.7. The van der Waals surface area contributed by atoms with Crippen molar-refractivity contribution in [1.29, 1.82) is 0 Å². The van der Waals surface area contributed by atoms with Crippen molar-refractivity contribution in [1.82, 2.24) is 0 Å². The maximum Gasteiger partial charge on any atom is 0.349 e. The van der Waals surface area contributed by atoms with Gasteiger partial charge in [-0.25, -0.2) is 4.79 Å². The molecule has 1 aromatic carbocycles. The van der Waals surface area contributed by atoms with Crippen molar-refractivity contribution < 1.29 is 18.1 Å². The smallest absolute Gasteiger partial charge is 0.349 e. The molecule has 0 fully saturated rings. The van der Waals surface area contributed by atoms with E-state index in [2.05, 4.69) is 45.8 Å². The van der Waals surface area contributed by atoms with Gasteiger partial charge >= 0.3 is 14.5 Å². The Kier molecular flexibility index (Phi) is 6.56. The molecule has 0 spiro atoms. The standard InChI is InChI=1S/C17H30O4Si3/c1-14-13-15(10-12-17(18)19)9-11-16(14)24(8,20-22(2,3)4)21-23(5,6)7/h9-13H,1-8H3,(H,18,19). The lowest BCUT2D eigenvalue weighted by molar-refractivity contribution is -0.131. The van der Waals surface area contributed by atoms with Crippen LogP contribution in [0.5, 0.6) is 0 Å². The zero-order valence-electron chi connectivity index (χ0n) is 16.1. The number of aliphatic carboxylic acids is 1. The van der Waals surface area contributed by atoms with E-state index in [1.54, 1.807) is 6.08 Å². The van der Waals surface area contributed by atoms with Crippen LogP contribution in [0.3, 0.4) is 0 Å². The molecule has 1 aromatic rings. The highest BCUT2D eigenvalue weighted by Crippen LogP contribution is 2.22. The summed E-state index contributed by atoms with van der Waals surface area (Å²) in [7, 11) is -6.07. The van der Waals surface area contributed by atoms with Gasteiger partial charge in [0.25, 0.3) is 0 Å². The van der Waals surface area contributed by atoms with Crippen LogP contribution in [0.2, 0.25) is 45.8 Å². The number of aryl methyl sites for hydroxylation is 1. The molecule has 0 bridgehead atoms. The summed E-state index contributed by atoms with van der Waals surface area (Å²) in [6.45, 7) is 17.3. The van der Waals surface area contributed by atoms with Gasteiger partial charge in [0, 0.05) is 6.08 Å². The van der Waals surface area contributed by atoms with Crippen LogP contribution in [0, 0.1) is 6.92 Å². The monoisotopic (exact) mass is 382 g/mol. The molecule has 0 aliphatic rings. The summed E-state index contributed by atoms with van der Waals surface area (Å²) in [4.78, 5) is 10.7. The molecule has 4 nitrogen and oxygen atoms in total. The van der Waals surface area contributed by atoms with Gasteiger partial charge in [0.15, 0.2) is 16.6 Å². The molecular formula is C17H30O4Si3. The Morgan fingerprint density at radius 1 is 1.00 bits per heavy atom. The minimum atomic E-state index is -2.53. The number of benzene rings is 1. The predicted octanol–water partition coefficient (Wildman–Crippen LogP) is 4.07. The van der Waals surface area contributed by atoms with Crippen molar-refractivity contribution in [2.75, 3.05) is 0 Å². The molecule has 24 heavy (non-hydrogen) atoms. The minimum absolute atomic E-state index is 0.871. The third-order valence-electron chi connectivity index (χ3n) is 3.16. The van der Waals surface area contributed by atoms with Crippen LogP contribution < -0.4 is 5.19 Å². The van der Waals surface area contributed by atoms with Crippen LogP contribution in [0.25, 0.3) is 6.08 Å². The minimum Gasteiger partial charge on any atom is -0.478 e. The van der Waals surface area contributed by atoms with Crippen LogP contribution >= 0.6 is 0 Å². The lowest BCUT2D eigenvalue weighted by Gasteiger charge is -2.39. The Labute approximate surface area is 149 Å².